The van der Waals surface area contributed by atoms with Gasteiger partial charge in [0.05, 0.1) is 18.6 Å². The molecule has 0 spiro atoms. The smallest absolute Gasteiger partial charge is 0.326 e. The van der Waals surface area contributed by atoms with E-state index in [1.807, 2.05) is 12.1 Å². The van der Waals surface area contributed by atoms with Crippen LogP contribution < -0.4 is 33.2 Å². The number of nitrogens with zero attached hydrogens (tertiary/aromatic N) is 1. The number of aliphatic hydroxyl groups excluding tert-OH is 1. The summed E-state index contributed by atoms with van der Waals surface area (Å²) in [5.41, 5.74) is 17.6. The van der Waals surface area contributed by atoms with Crippen molar-refractivity contribution < 1.29 is 39.3 Å². The van der Waals surface area contributed by atoms with E-state index in [4.69, 9.17) is 22.3 Å². The van der Waals surface area contributed by atoms with E-state index in [2.05, 4.69) is 25.9 Å². The van der Waals surface area contributed by atoms with Crippen LogP contribution in [-0.2, 0) is 30.4 Å². The lowest BCUT2D eigenvalue weighted by Gasteiger charge is -2.26. The number of amides is 3. The Bertz CT molecular complexity index is 1270. The van der Waals surface area contributed by atoms with Crippen LogP contribution in [0, 0.1) is 0 Å². The summed E-state index contributed by atoms with van der Waals surface area (Å²) in [7, 11) is 0. The summed E-state index contributed by atoms with van der Waals surface area (Å²) in [5.74, 6) is -5.67. The minimum Gasteiger partial charge on any atom is -0.481 e. The fourth-order valence-electron chi connectivity index (χ4n) is 3.97. The first-order valence-electron chi connectivity index (χ1n) is 12.7. The first-order chi connectivity index (χ1) is 19.3. The number of aliphatic hydroxyl groups is 1. The van der Waals surface area contributed by atoms with Crippen molar-refractivity contribution in [1.29, 1.82) is 0 Å². The maximum Gasteiger partial charge on any atom is 0.326 e. The summed E-state index contributed by atoms with van der Waals surface area (Å²) < 4.78 is 0. The molecule has 13 N–H and O–H groups in total. The zero-order valence-corrected chi connectivity index (χ0v) is 22.4. The summed E-state index contributed by atoms with van der Waals surface area (Å²) >= 11 is 0. The number of nitrogens with one attached hydrogen (secondary N) is 4. The lowest BCUT2D eigenvalue weighted by molar-refractivity contribution is -0.143. The van der Waals surface area contributed by atoms with E-state index in [9.17, 15) is 34.2 Å². The first-order valence-corrected chi connectivity index (χ1v) is 12.7. The van der Waals surface area contributed by atoms with Crippen LogP contribution in [0.15, 0.2) is 35.5 Å². The third-order valence-electron chi connectivity index (χ3n) is 6.09. The molecule has 0 saturated heterocycles. The highest BCUT2D eigenvalue weighted by atomic mass is 16.4. The van der Waals surface area contributed by atoms with Crippen LogP contribution in [0.2, 0.25) is 0 Å². The van der Waals surface area contributed by atoms with Gasteiger partial charge in [0, 0.05) is 30.1 Å². The molecule has 0 radical (unpaired) electrons. The van der Waals surface area contributed by atoms with E-state index in [-0.39, 0.29) is 31.8 Å². The van der Waals surface area contributed by atoms with Crippen LogP contribution in [0.25, 0.3) is 10.9 Å². The number of para-hydroxylation sites is 1. The number of hydrogen-bond donors (Lipinski definition) is 10. The number of H-pyrrole nitrogens is 1. The molecule has 1 aromatic heterocycles. The number of nitrogens with two attached hydrogens (primary N) is 3. The third-order valence-corrected chi connectivity index (χ3v) is 6.09. The fraction of sp³-hybridized carbons (Fsp3) is 0.440. The maximum atomic E-state index is 13.1. The summed E-state index contributed by atoms with van der Waals surface area (Å²) in [6, 6.07) is 1.43. The largest absolute Gasteiger partial charge is 0.481 e. The number of aromatic nitrogens is 1. The second-order valence-electron chi connectivity index (χ2n) is 9.40. The number of aromatic amines is 1. The van der Waals surface area contributed by atoms with Crippen molar-refractivity contribution in [1.82, 2.24) is 20.9 Å². The lowest BCUT2D eigenvalue weighted by atomic mass is 10.0. The minimum absolute atomic E-state index is 0.0411. The van der Waals surface area contributed by atoms with Gasteiger partial charge in [-0.2, -0.15) is 0 Å². The van der Waals surface area contributed by atoms with Crippen LogP contribution in [0.1, 0.15) is 31.7 Å². The van der Waals surface area contributed by atoms with Crippen LogP contribution in [-0.4, -0.2) is 92.7 Å². The Morgan fingerprint density at radius 3 is 2.24 bits per heavy atom. The van der Waals surface area contributed by atoms with E-state index >= 15 is 0 Å². The molecule has 0 saturated carbocycles. The maximum absolute atomic E-state index is 13.1. The van der Waals surface area contributed by atoms with Gasteiger partial charge in [-0.1, -0.05) is 18.2 Å². The number of benzene rings is 1. The predicted molar refractivity (Wildman–Crippen MR) is 147 cm³/mol. The molecular weight excluding hydrogens is 540 g/mol. The third kappa shape index (κ3) is 10.1. The molecule has 5 unspecified atom stereocenters. The van der Waals surface area contributed by atoms with Gasteiger partial charge in [0.1, 0.15) is 18.1 Å². The Labute approximate surface area is 234 Å². The van der Waals surface area contributed by atoms with Gasteiger partial charge in [0.2, 0.25) is 17.7 Å². The quantitative estimate of drug-likeness (QED) is 0.0565. The molecule has 0 fully saturated rings. The van der Waals surface area contributed by atoms with Gasteiger partial charge in [-0.15, -0.1) is 0 Å². The highest BCUT2D eigenvalue weighted by Crippen LogP contribution is 2.19. The van der Waals surface area contributed by atoms with Crippen molar-refractivity contribution in [3.63, 3.8) is 0 Å². The SMILES string of the molecule is CC(O)C(NC(=O)C(CCCN=C(N)N)NC(=O)C(N)CC(=O)O)C(=O)NC(Cc1c[nH]c2ccccc12)C(=O)O. The highest BCUT2D eigenvalue weighted by Gasteiger charge is 2.33. The van der Waals surface area contributed by atoms with E-state index in [1.54, 1.807) is 18.3 Å². The van der Waals surface area contributed by atoms with Gasteiger partial charge in [0.25, 0.3) is 0 Å². The van der Waals surface area contributed by atoms with E-state index in [0.29, 0.717) is 5.56 Å². The zero-order valence-electron chi connectivity index (χ0n) is 22.4. The second kappa shape index (κ2) is 15.2. The highest BCUT2D eigenvalue weighted by molar-refractivity contribution is 5.95. The van der Waals surface area contributed by atoms with Crippen molar-refractivity contribution in [2.45, 2.75) is 62.9 Å². The number of rotatable bonds is 16. The van der Waals surface area contributed by atoms with Gasteiger partial charge < -0.3 is 53.5 Å². The molecule has 5 atom stereocenters. The lowest BCUT2D eigenvalue weighted by Crippen LogP contribution is -2.60. The molecular formula is C25H36N8O8. The van der Waals surface area contributed by atoms with Gasteiger partial charge in [0.15, 0.2) is 5.96 Å². The molecule has 2 aromatic rings. The Balaban J connectivity index is 2.17. The average Bonchev–Trinajstić information content (AvgIpc) is 3.30. The van der Waals surface area contributed by atoms with Crippen LogP contribution >= 0.6 is 0 Å². The predicted octanol–water partition coefficient (Wildman–Crippen LogP) is -2.51. The summed E-state index contributed by atoms with van der Waals surface area (Å²) in [6.07, 6.45) is -0.460. The summed E-state index contributed by atoms with van der Waals surface area (Å²) in [4.78, 5) is 68.3. The molecule has 0 aliphatic carbocycles. The molecule has 224 valence electrons. The summed E-state index contributed by atoms with van der Waals surface area (Å²) in [5, 5.41) is 36.7. The standard InChI is InChI=1S/C25H36N8O8/c1-12(34)20(23(39)32-18(24(40)41)9-13-11-30-16-6-3-2-5-14(13)16)33-22(38)17(7-4-8-29-25(27)28)31-21(37)15(26)10-19(35)36/h2-3,5-6,11-12,15,17-18,20,30,34H,4,7-10,26H2,1H3,(H,31,37)(H,32,39)(H,33,38)(H,35,36)(H,40,41)(H4,27,28,29). The Morgan fingerprint density at radius 2 is 1.63 bits per heavy atom. The van der Waals surface area contributed by atoms with Crippen molar-refractivity contribution in [3.8, 4) is 0 Å². The Morgan fingerprint density at radius 1 is 0.976 bits per heavy atom. The fourth-order valence-corrected chi connectivity index (χ4v) is 3.97. The van der Waals surface area contributed by atoms with Crippen LogP contribution in [0.3, 0.4) is 0 Å². The number of aliphatic imine (C=N–C) groups is 1. The number of carbonyl (C=O) groups excluding carboxylic acids is 3. The van der Waals surface area contributed by atoms with Gasteiger partial charge in [-0.25, -0.2) is 4.79 Å². The second-order valence-corrected chi connectivity index (χ2v) is 9.40. The number of fused-ring (bicyclic) bond motifs is 1. The number of carboxylic acids is 2. The molecule has 16 heteroatoms. The molecule has 2 rings (SSSR count). The van der Waals surface area contributed by atoms with E-state index in [0.717, 1.165) is 10.9 Å². The average molecular weight is 577 g/mol. The molecule has 3 amide bonds. The van der Waals surface area contributed by atoms with Crippen molar-refractivity contribution in [2.24, 2.45) is 22.2 Å². The van der Waals surface area contributed by atoms with Gasteiger partial charge in [-0.3, -0.25) is 24.2 Å². The molecule has 1 aromatic carbocycles. The van der Waals surface area contributed by atoms with Crippen molar-refractivity contribution in [2.75, 3.05) is 6.54 Å². The minimum atomic E-state index is -1.60. The number of aliphatic carboxylic acids is 2. The Hall–Kier alpha value is -4.70. The van der Waals surface area contributed by atoms with Gasteiger partial charge in [-0.05, 0) is 31.4 Å². The molecule has 1 heterocycles. The van der Waals surface area contributed by atoms with Crippen LogP contribution in [0.4, 0.5) is 0 Å². The monoisotopic (exact) mass is 576 g/mol. The molecule has 41 heavy (non-hydrogen) atoms. The van der Waals surface area contributed by atoms with Crippen LogP contribution in [0.5, 0.6) is 0 Å². The normalized spacial score (nSPS) is 14.6. The molecule has 0 aliphatic heterocycles. The van der Waals surface area contributed by atoms with E-state index in [1.165, 1.54) is 6.92 Å². The van der Waals surface area contributed by atoms with Crippen molar-refractivity contribution in [3.05, 3.63) is 36.0 Å². The van der Waals surface area contributed by atoms with Crippen molar-refractivity contribution >= 4 is 46.5 Å². The summed E-state index contributed by atoms with van der Waals surface area (Å²) in [6.45, 7) is 1.31. The molecule has 0 bridgehead atoms. The zero-order chi connectivity index (χ0) is 30.7. The molecule has 0 aliphatic rings. The number of hydrogen-bond acceptors (Lipinski definition) is 8. The van der Waals surface area contributed by atoms with E-state index < -0.39 is 66.4 Å². The molecule has 16 nitrogen and oxygen atoms in total. The van der Waals surface area contributed by atoms with Gasteiger partial charge >= 0.3 is 11.9 Å². The Kier molecular flexibility index (Phi) is 12.0. The number of guanidine groups is 1. The number of carbonyl (C=O) groups is 5. The number of carboxylic acid groups (broad SMARTS) is 2. The first kappa shape index (κ1) is 32.5. The topological polar surface area (TPSA) is 288 Å².